The van der Waals surface area contributed by atoms with Crippen LogP contribution in [0.2, 0.25) is 0 Å². The highest BCUT2D eigenvalue weighted by molar-refractivity contribution is 6.10. The number of methoxy groups -OCH3 is 1. The van der Waals surface area contributed by atoms with Crippen molar-refractivity contribution in [1.29, 1.82) is 0 Å². The van der Waals surface area contributed by atoms with Crippen molar-refractivity contribution in [2.24, 2.45) is 0 Å². The molecule has 0 aliphatic carbocycles. The molecule has 154 valence electrons. The summed E-state index contributed by atoms with van der Waals surface area (Å²) < 4.78 is 33.3. The molecule has 2 aromatic heterocycles. The minimum absolute atomic E-state index is 0.00552. The van der Waals surface area contributed by atoms with E-state index in [9.17, 15) is 0 Å². The monoisotopic (exact) mass is 409 g/mol. The molecule has 0 saturated carbocycles. The van der Waals surface area contributed by atoms with Crippen LogP contribution in [-0.2, 0) is 5.41 Å². The van der Waals surface area contributed by atoms with Crippen molar-refractivity contribution in [1.82, 2.24) is 9.55 Å². The van der Waals surface area contributed by atoms with Crippen LogP contribution in [0.5, 0.6) is 5.75 Å². The fraction of sp³-hybridized carbons (Fsp3) is 0.179. The molecule has 0 aliphatic heterocycles. The van der Waals surface area contributed by atoms with Gasteiger partial charge in [0.1, 0.15) is 11.6 Å². The third-order valence-electron chi connectivity index (χ3n) is 5.62. The molecule has 0 unspecified atom stereocenters. The number of aromatic nitrogens is 2. The molecule has 2 heterocycles. The summed E-state index contributed by atoms with van der Waals surface area (Å²) in [5.41, 5.74) is 4.00. The topological polar surface area (TPSA) is 27.1 Å². The van der Waals surface area contributed by atoms with Gasteiger partial charge in [0.15, 0.2) is 0 Å². The van der Waals surface area contributed by atoms with Gasteiger partial charge in [-0.15, -0.1) is 0 Å². The highest BCUT2D eigenvalue weighted by Crippen LogP contribution is 2.36. The largest absolute Gasteiger partial charge is 0.497 e. The zero-order valence-corrected chi connectivity index (χ0v) is 18.2. The first kappa shape index (κ1) is 16.1. The lowest BCUT2D eigenvalue weighted by Gasteiger charge is -2.20. The molecule has 0 spiro atoms. The molecule has 0 aliphatic rings. The fourth-order valence-electron chi connectivity index (χ4n) is 3.95. The highest BCUT2D eigenvalue weighted by atomic mass is 16.5. The lowest BCUT2D eigenvalue weighted by Crippen LogP contribution is -2.12. The molecule has 5 aromatic rings. The number of benzene rings is 3. The Morgan fingerprint density at radius 1 is 0.871 bits per heavy atom. The Hall–Kier alpha value is -3.59. The number of fused-ring (bicyclic) bond motifs is 3. The summed E-state index contributed by atoms with van der Waals surface area (Å²) in [5.74, 6) is 1.05. The average molecular weight is 410 g/mol. The lowest BCUT2D eigenvalue weighted by atomic mass is 9.88. The maximum Gasteiger partial charge on any atom is 0.137 e. The lowest BCUT2D eigenvalue weighted by molar-refractivity contribution is 0.415. The zero-order chi connectivity index (χ0) is 24.2. The SMILES string of the molecule is [2H]c1nc(-n2c3ccc(-c4ccccc4)cc3c3ccc(OC)cc32)c([2H])c(C(C)(C)C)c1[2H]. The number of pyridine rings is 1. The van der Waals surface area contributed by atoms with Crippen LogP contribution in [0.4, 0.5) is 0 Å². The number of hydrogen-bond donors (Lipinski definition) is 0. The molecule has 0 radical (unpaired) electrons. The van der Waals surface area contributed by atoms with Crippen LogP contribution in [0, 0.1) is 0 Å². The first-order chi connectivity index (χ1) is 16.2. The Morgan fingerprint density at radius 3 is 2.42 bits per heavy atom. The van der Waals surface area contributed by atoms with E-state index in [1.165, 1.54) is 0 Å². The molecule has 3 nitrogen and oxygen atoms in total. The maximum absolute atomic E-state index is 9.02. The second-order valence-corrected chi connectivity index (χ2v) is 8.74. The first-order valence-electron chi connectivity index (χ1n) is 11.9. The van der Waals surface area contributed by atoms with Crippen LogP contribution >= 0.6 is 0 Å². The Labute approximate surface area is 187 Å². The summed E-state index contributed by atoms with van der Waals surface area (Å²) in [7, 11) is 1.63. The van der Waals surface area contributed by atoms with Gasteiger partial charge < -0.3 is 4.74 Å². The molecule has 3 heteroatoms. The van der Waals surface area contributed by atoms with Crippen molar-refractivity contribution < 1.29 is 8.85 Å². The van der Waals surface area contributed by atoms with E-state index in [1.54, 1.807) is 7.11 Å². The standard InChI is InChI=1S/C28H26N2O/c1-28(2,3)21-14-15-29-27(17-21)30-25-13-10-20(19-8-6-5-7-9-19)16-24(25)23-12-11-22(31-4)18-26(23)30/h5-18H,1-4H3/i14D,15D,17D. The van der Waals surface area contributed by atoms with Crippen LogP contribution < -0.4 is 4.74 Å². The molecular weight excluding hydrogens is 380 g/mol. The van der Waals surface area contributed by atoms with Gasteiger partial charge in [-0.1, -0.05) is 57.2 Å². The van der Waals surface area contributed by atoms with Gasteiger partial charge in [0.05, 0.1) is 22.3 Å². The highest BCUT2D eigenvalue weighted by Gasteiger charge is 2.18. The van der Waals surface area contributed by atoms with Crippen molar-refractivity contribution in [2.45, 2.75) is 26.2 Å². The van der Waals surface area contributed by atoms with E-state index < -0.39 is 5.41 Å². The first-order valence-corrected chi connectivity index (χ1v) is 10.4. The smallest absolute Gasteiger partial charge is 0.137 e. The van der Waals surface area contributed by atoms with Crippen molar-refractivity contribution in [3.8, 4) is 22.7 Å². The summed E-state index contributed by atoms with van der Waals surface area (Å²) in [6.45, 7) is 5.88. The van der Waals surface area contributed by atoms with Crippen molar-refractivity contribution in [3.63, 3.8) is 0 Å². The number of rotatable bonds is 3. The molecule has 5 rings (SSSR count). The molecule has 0 bridgehead atoms. The molecule has 3 aromatic carbocycles. The van der Waals surface area contributed by atoms with Crippen LogP contribution in [0.3, 0.4) is 0 Å². The van der Waals surface area contributed by atoms with Crippen LogP contribution in [0.1, 0.15) is 30.4 Å². The summed E-state index contributed by atoms with van der Waals surface area (Å²) in [5, 5.41) is 2.03. The van der Waals surface area contributed by atoms with Crippen molar-refractivity contribution in [2.75, 3.05) is 7.11 Å². The number of hydrogen-bond acceptors (Lipinski definition) is 2. The summed E-state index contributed by atoms with van der Waals surface area (Å²) in [4.78, 5) is 4.44. The van der Waals surface area contributed by atoms with Gasteiger partial charge in [0, 0.05) is 23.0 Å². The fourth-order valence-corrected chi connectivity index (χ4v) is 3.95. The minimum Gasteiger partial charge on any atom is -0.497 e. The normalized spacial score (nSPS) is 13.2. The van der Waals surface area contributed by atoms with E-state index in [0.29, 0.717) is 17.1 Å². The van der Waals surface area contributed by atoms with Gasteiger partial charge in [-0.05, 0) is 58.5 Å². The Morgan fingerprint density at radius 2 is 1.68 bits per heavy atom. The predicted molar refractivity (Wildman–Crippen MR) is 129 cm³/mol. The third kappa shape index (κ3) is 3.36. The van der Waals surface area contributed by atoms with E-state index in [4.69, 9.17) is 8.85 Å². The summed E-state index contributed by atoms with van der Waals surface area (Å²) in [6.07, 6.45) is -0.130. The molecule has 31 heavy (non-hydrogen) atoms. The molecular formula is C28H26N2O. The van der Waals surface area contributed by atoms with Gasteiger partial charge in [-0.3, -0.25) is 4.57 Å². The van der Waals surface area contributed by atoms with Gasteiger partial charge >= 0.3 is 0 Å². The predicted octanol–water partition coefficient (Wildman–Crippen LogP) is 7.15. The van der Waals surface area contributed by atoms with Crippen molar-refractivity contribution in [3.05, 3.63) is 90.6 Å². The van der Waals surface area contributed by atoms with Crippen LogP contribution in [0.15, 0.2) is 85.0 Å². The third-order valence-corrected chi connectivity index (χ3v) is 5.62. The molecule has 0 amide bonds. The van der Waals surface area contributed by atoms with Gasteiger partial charge in [-0.2, -0.15) is 0 Å². The zero-order valence-electron chi connectivity index (χ0n) is 21.2. The van der Waals surface area contributed by atoms with E-state index in [0.717, 1.165) is 32.9 Å². The number of nitrogens with zero attached hydrogens (tertiary/aromatic N) is 2. The van der Waals surface area contributed by atoms with Crippen molar-refractivity contribution >= 4 is 21.8 Å². The van der Waals surface area contributed by atoms with Gasteiger partial charge in [-0.25, -0.2) is 4.98 Å². The second-order valence-electron chi connectivity index (χ2n) is 8.74. The molecule has 0 saturated heterocycles. The van der Waals surface area contributed by atoms with Gasteiger partial charge in [0.25, 0.3) is 0 Å². The van der Waals surface area contributed by atoms with Crippen LogP contribution in [0.25, 0.3) is 38.8 Å². The Balaban J connectivity index is 1.90. The quantitative estimate of drug-likeness (QED) is 0.316. The Kier molecular flexibility index (Phi) is 3.79. The van der Waals surface area contributed by atoms with E-state index >= 15 is 0 Å². The van der Waals surface area contributed by atoms with E-state index in [-0.39, 0.29) is 18.3 Å². The van der Waals surface area contributed by atoms with E-state index in [1.807, 2.05) is 67.8 Å². The van der Waals surface area contributed by atoms with E-state index in [2.05, 4.69) is 29.2 Å². The Bertz CT molecular complexity index is 1550. The number of ether oxygens (including phenoxy) is 1. The second kappa shape index (κ2) is 7.28. The molecule has 0 N–H and O–H groups in total. The van der Waals surface area contributed by atoms with Crippen LogP contribution in [-0.4, -0.2) is 16.7 Å². The maximum atomic E-state index is 9.02. The van der Waals surface area contributed by atoms with Gasteiger partial charge in [0.2, 0.25) is 0 Å². The summed E-state index contributed by atoms with van der Waals surface area (Å²) in [6, 6.07) is 22.6. The summed E-state index contributed by atoms with van der Waals surface area (Å²) >= 11 is 0. The molecule has 0 fully saturated rings. The average Bonchev–Trinajstić information content (AvgIpc) is 3.14. The molecule has 0 atom stereocenters. The minimum atomic E-state index is -0.474.